The maximum absolute atomic E-state index is 12.2. The first-order valence-corrected chi connectivity index (χ1v) is 5.89. The van der Waals surface area contributed by atoms with Crippen LogP contribution in [0.3, 0.4) is 0 Å². The molecule has 0 atom stereocenters. The molecule has 0 amide bonds. The molecule has 0 fully saturated rings. The van der Waals surface area contributed by atoms with Gasteiger partial charge in [0.15, 0.2) is 0 Å². The number of ketones is 1. The molecule has 0 saturated carbocycles. The van der Waals surface area contributed by atoms with E-state index in [1.807, 2.05) is 6.92 Å². The van der Waals surface area contributed by atoms with E-state index in [4.69, 9.17) is 27.6 Å². The van der Waals surface area contributed by atoms with Crippen LogP contribution in [-0.2, 0) is 6.54 Å². The molecule has 2 aromatic rings. The molecule has 0 unspecified atom stereocenters. The minimum atomic E-state index is -0.278. The number of carbonyl (C=O) groups is 1. The van der Waals surface area contributed by atoms with Crippen molar-refractivity contribution in [2.24, 2.45) is 0 Å². The first-order valence-electron chi connectivity index (χ1n) is 5.14. The maximum atomic E-state index is 12.2. The van der Waals surface area contributed by atoms with Crippen LogP contribution in [0.15, 0.2) is 22.9 Å². The number of halogens is 2. The van der Waals surface area contributed by atoms with Crippen LogP contribution in [0.1, 0.15) is 29.4 Å². The fraction of sp³-hybridized carbons (Fsp3) is 0.273. The van der Waals surface area contributed by atoms with E-state index in [0.29, 0.717) is 22.8 Å². The Morgan fingerprint density at radius 1 is 1.53 bits per heavy atom. The molecular formula is C11H10Cl2N2O2. The first-order chi connectivity index (χ1) is 8.15. The summed E-state index contributed by atoms with van der Waals surface area (Å²) in [6, 6.07) is 1.52. The van der Waals surface area contributed by atoms with Crippen LogP contribution < -0.4 is 0 Å². The van der Waals surface area contributed by atoms with Gasteiger partial charge in [0.25, 0.3) is 0 Å². The molecule has 2 heterocycles. The van der Waals surface area contributed by atoms with E-state index < -0.39 is 0 Å². The van der Waals surface area contributed by atoms with E-state index >= 15 is 0 Å². The van der Waals surface area contributed by atoms with Crippen LogP contribution in [0, 0.1) is 0 Å². The zero-order valence-electron chi connectivity index (χ0n) is 9.11. The summed E-state index contributed by atoms with van der Waals surface area (Å²) in [5, 5.41) is 4.44. The van der Waals surface area contributed by atoms with Gasteiger partial charge in [-0.15, -0.1) is 0 Å². The van der Waals surface area contributed by atoms with Crippen molar-refractivity contribution in [3.8, 4) is 0 Å². The third-order valence-corrected chi connectivity index (χ3v) is 2.88. The second-order valence-corrected chi connectivity index (χ2v) is 4.25. The van der Waals surface area contributed by atoms with Crippen LogP contribution >= 0.6 is 23.2 Å². The number of furan rings is 1. The average molecular weight is 273 g/mol. The molecule has 0 aliphatic rings. The Balaban J connectivity index is 2.43. The first kappa shape index (κ1) is 12.2. The molecule has 90 valence electrons. The van der Waals surface area contributed by atoms with Gasteiger partial charge in [0.1, 0.15) is 5.69 Å². The Bertz CT molecular complexity index is 545. The molecule has 0 spiro atoms. The smallest absolute Gasteiger partial charge is 0.217 e. The molecule has 4 nitrogen and oxygen atoms in total. The van der Waals surface area contributed by atoms with E-state index in [9.17, 15) is 4.79 Å². The summed E-state index contributed by atoms with van der Waals surface area (Å²) >= 11 is 11.7. The third kappa shape index (κ3) is 2.23. The summed E-state index contributed by atoms with van der Waals surface area (Å²) in [5.74, 6) is -0.278. The fourth-order valence-electron chi connectivity index (χ4n) is 1.55. The zero-order chi connectivity index (χ0) is 12.4. The predicted octanol–water partition coefficient (Wildman–Crippen LogP) is 3.42. The van der Waals surface area contributed by atoms with Crippen LogP contribution in [0.5, 0.6) is 0 Å². The molecule has 2 rings (SSSR count). The van der Waals surface area contributed by atoms with Gasteiger partial charge in [0.2, 0.25) is 11.0 Å². The summed E-state index contributed by atoms with van der Waals surface area (Å²) < 4.78 is 6.47. The number of aryl methyl sites for hydroxylation is 1. The summed E-state index contributed by atoms with van der Waals surface area (Å²) in [7, 11) is 0. The van der Waals surface area contributed by atoms with E-state index in [0.717, 1.165) is 6.42 Å². The SMILES string of the molecule is CCCn1ncc(Cl)c1C(=O)c1ccoc1Cl. The molecule has 6 heteroatoms. The summed E-state index contributed by atoms with van der Waals surface area (Å²) in [5.41, 5.74) is 0.642. The van der Waals surface area contributed by atoms with Gasteiger partial charge >= 0.3 is 0 Å². The van der Waals surface area contributed by atoms with Gasteiger partial charge in [0.05, 0.1) is 23.0 Å². The Labute approximate surface area is 108 Å². The van der Waals surface area contributed by atoms with E-state index in [1.54, 1.807) is 4.68 Å². The van der Waals surface area contributed by atoms with Crippen LogP contribution in [0.2, 0.25) is 10.2 Å². The fourth-order valence-corrected chi connectivity index (χ4v) is 1.98. The van der Waals surface area contributed by atoms with Crippen LogP contribution in [0.4, 0.5) is 0 Å². The Morgan fingerprint density at radius 3 is 2.88 bits per heavy atom. The standard InChI is InChI=1S/C11H10Cl2N2O2/c1-2-4-15-9(8(12)6-14-15)10(16)7-3-5-17-11(7)13/h3,5-6H,2,4H2,1H3. The Hall–Kier alpha value is -1.26. The lowest BCUT2D eigenvalue weighted by molar-refractivity contribution is 0.102. The molecule has 0 saturated heterocycles. The van der Waals surface area contributed by atoms with Gasteiger partial charge < -0.3 is 4.42 Å². The topological polar surface area (TPSA) is 48.0 Å². The van der Waals surface area contributed by atoms with Gasteiger partial charge in [-0.2, -0.15) is 5.10 Å². The van der Waals surface area contributed by atoms with Crippen LogP contribution in [0.25, 0.3) is 0 Å². The van der Waals surface area contributed by atoms with Crippen molar-refractivity contribution in [1.29, 1.82) is 0 Å². The molecular weight excluding hydrogens is 263 g/mol. The number of hydrogen-bond acceptors (Lipinski definition) is 3. The number of carbonyl (C=O) groups excluding carboxylic acids is 1. The van der Waals surface area contributed by atoms with Crippen molar-refractivity contribution in [3.05, 3.63) is 40.0 Å². The lowest BCUT2D eigenvalue weighted by Crippen LogP contribution is -2.11. The van der Waals surface area contributed by atoms with Crippen molar-refractivity contribution in [2.75, 3.05) is 0 Å². The molecule has 0 aromatic carbocycles. The highest BCUT2D eigenvalue weighted by Gasteiger charge is 2.22. The highest BCUT2D eigenvalue weighted by molar-refractivity contribution is 6.37. The lowest BCUT2D eigenvalue weighted by Gasteiger charge is -2.04. The summed E-state index contributed by atoms with van der Waals surface area (Å²) in [6.07, 6.45) is 3.68. The minimum Gasteiger partial charge on any atom is -0.452 e. The zero-order valence-corrected chi connectivity index (χ0v) is 10.6. The quantitative estimate of drug-likeness (QED) is 0.802. The summed E-state index contributed by atoms with van der Waals surface area (Å²) in [6.45, 7) is 2.62. The van der Waals surface area contributed by atoms with Crippen LogP contribution in [-0.4, -0.2) is 15.6 Å². The molecule has 0 bridgehead atoms. The number of rotatable bonds is 4. The third-order valence-electron chi connectivity index (χ3n) is 2.31. The predicted molar refractivity (Wildman–Crippen MR) is 64.7 cm³/mol. The van der Waals surface area contributed by atoms with Gasteiger partial charge in [-0.3, -0.25) is 9.48 Å². The molecule has 2 aromatic heterocycles. The van der Waals surface area contributed by atoms with E-state index in [-0.39, 0.29) is 11.0 Å². The monoisotopic (exact) mass is 272 g/mol. The van der Waals surface area contributed by atoms with Gasteiger partial charge in [-0.1, -0.05) is 18.5 Å². The Morgan fingerprint density at radius 2 is 2.29 bits per heavy atom. The highest BCUT2D eigenvalue weighted by Crippen LogP contribution is 2.24. The minimum absolute atomic E-state index is 0.0651. The van der Waals surface area contributed by atoms with E-state index in [1.165, 1.54) is 18.5 Å². The van der Waals surface area contributed by atoms with E-state index in [2.05, 4.69) is 5.10 Å². The lowest BCUT2D eigenvalue weighted by atomic mass is 10.1. The maximum Gasteiger partial charge on any atom is 0.217 e. The van der Waals surface area contributed by atoms with Crippen molar-refractivity contribution in [2.45, 2.75) is 19.9 Å². The molecule has 0 aliphatic carbocycles. The van der Waals surface area contributed by atoms with Crippen molar-refractivity contribution < 1.29 is 9.21 Å². The molecule has 17 heavy (non-hydrogen) atoms. The number of hydrogen-bond donors (Lipinski definition) is 0. The molecule has 0 radical (unpaired) electrons. The van der Waals surface area contributed by atoms with Gasteiger partial charge in [0, 0.05) is 6.54 Å². The van der Waals surface area contributed by atoms with Crippen molar-refractivity contribution in [3.63, 3.8) is 0 Å². The number of aromatic nitrogens is 2. The second-order valence-electron chi connectivity index (χ2n) is 3.50. The normalized spacial score (nSPS) is 10.8. The highest BCUT2D eigenvalue weighted by atomic mass is 35.5. The largest absolute Gasteiger partial charge is 0.452 e. The Kier molecular flexibility index (Phi) is 3.54. The second kappa shape index (κ2) is 4.94. The van der Waals surface area contributed by atoms with Gasteiger partial charge in [-0.25, -0.2) is 0 Å². The average Bonchev–Trinajstić information content (AvgIpc) is 2.86. The molecule has 0 aliphatic heterocycles. The number of nitrogens with zero attached hydrogens (tertiary/aromatic N) is 2. The van der Waals surface area contributed by atoms with Crippen molar-refractivity contribution in [1.82, 2.24) is 9.78 Å². The molecule has 0 N–H and O–H groups in total. The van der Waals surface area contributed by atoms with Crippen molar-refractivity contribution >= 4 is 29.0 Å². The van der Waals surface area contributed by atoms with Gasteiger partial charge in [-0.05, 0) is 24.1 Å². The summed E-state index contributed by atoms with van der Waals surface area (Å²) in [4.78, 5) is 12.2.